The fraction of sp³-hybridized carbons (Fsp3) is 0.500. The van der Waals surface area contributed by atoms with Crippen molar-refractivity contribution in [2.24, 2.45) is 0 Å². The summed E-state index contributed by atoms with van der Waals surface area (Å²) in [6, 6.07) is 4.28. The van der Waals surface area contributed by atoms with Gasteiger partial charge >= 0.3 is 5.97 Å². The number of carboxylic acid groups (broad SMARTS) is 1. The van der Waals surface area contributed by atoms with Crippen molar-refractivity contribution in [1.29, 1.82) is 0 Å². The fourth-order valence-electron chi connectivity index (χ4n) is 2.47. The van der Waals surface area contributed by atoms with Crippen LogP contribution in [-0.4, -0.2) is 50.1 Å². The quantitative estimate of drug-likeness (QED) is 0.890. The molecule has 1 aliphatic heterocycles. The summed E-state index contributed by atoms with van der Waals surface area (Å²) in [5.74, 6) is -1.13. The molecule has 116 valence electrons. The highest BCUT2D eigenvalue weighted by Gasteiger charge is 2.28. The monoisotopic (exact) mass is 313 g/mol. The number of carboxylic acids is 1. The summed E-state index contributed by atoms with van der Waals surface area (Å²) < 4.78 is 31.9. The molecule has 1 saturated heterocycles. The van der Waals surface area contributed by atoms with Gasteiger partial charge in [0, 0.05) is 20.2 Å². The minimum atomic E-state index is -3.72. The second-order valence-electron chi connectivity index (χ2n) is 5.15. The van der Waals surface area contributed by atoms with Crippen molar-refractivity contribution in [3.05, 3.63) is 29.3 Å². The molecule has 1 fully saturated rings. The van der Waals surface area contributed by atoms with E-state index in [1.165, 1.54) is 36.5 Å². The molecular formula is C14H19NO5S. The van der Waals surface area contributed by atoms with E-state index in [4.69, 9.17) is 9.84 Å². The van der Waals surface area contributed by atoms with Gasteiger partial charge in [0.25, 0.3) is 0 Å². The van der Waals surface area contributed by atoms with Crippen molar-refractivity contribution in [2.75, 3.05) is 20.2 Å². The molecule has 0 bridgehead atoms. The van der Waals surface area contributed by atoms with Crippen LogP contribution in [0.2, 0.25) is 0 Å². The summed E-state index contributed by atoms with van der Waals surface area (Å²) in [6.07, 6.45) is 1.69. The number of aromatic carboxylic acids is 1. The zero-order valence-corrected chi connectivity index (χ0v) is 12.9. The Morgan fingerprint density at radius 1 is 1.48 bits per heavy atom. The Morgan fingerprint density at radius 2 is 2.19 bits per heavy atom. The van der Waals surface area contributed by atoms with Crippen molar-refractivity contribution in [1.82, 2.24) is 4.31 Å². The lowest BCUT2D eigenvalue weighted by molar-refractivity contribution is 0.0695. The number of sulfonamides is 1. The number of rotatable bonds is 5. The summed E-state index contributed by atoms with van der Waals surface area (Å²) in [5.41, 5.74) is 0.255. The van der Waals surface area contributed by atoms with E-state index in [0.29, 0.717) is 6.61 Å². The number of hydrogen-bond donors (Lipinski definition) is 1. The van der Waals surface area contributed by atoms with Crippen molar-refractivity contribution in [3.63, 3.8) is 0 Å². The third-order valence-electron chi connectivity index (χ3n) is 3.69. The molecule has 0 aromatic heterocycles. The van der Waals surface area contributed by atoms with E-state index in [2.05, 4.69) is 0 Å². The van der Waals surface area contributed by atoms with Gasteiger partial charge in [-0.15, -0.1) is 0 Å². The molecule has 1 N–H and O–H groups in total. The van der Waals surface area contributed by atoms with Crippen LogP contribution in [0, 0.1) is 6.92 Å². The summed E-state index contributed by atoms with van der Waals surface area (Å²) in [6.45, 7) is 2.45. The van der Waals surface area contributed by atoms with Crippen molar-refractivity contribution in [3.8, 4) is 0 Å². The van der Waals surface area contributed by atoms with E-state index < -0.39 is 16.0 Å². The summed E-state index contributed by atoms with van der Waals surface area (Å²) in [5, 5.41) is 9.10. The number of ether oxygens (including phenoxy) is 1. The van der Waals surface area contributed by atoms with Crippen LogP contribution in [0.1, 0.15) is 28.8 Å². The summed E-state index contributed by atoms with van der Waals surface area (Å²) in [4.78, 5) is 11.2. The molecule has 7 heteroatoms. The van der Waals surface area contributed by atoms with Gasteiger partial charge < -0.3 is 9.84 Å². The Labute approximate surface area is 124 Å². The molecule has 0 radical (unpaired) electrons. The first kappa shape index (κ1) is 15.9. The zero-order chi connectivity index (χ0) is 15.6. The second-order valence-corrected chi connectivity index (χ2v) is 7.17. The van der Waals surface area contributed by atoms with Gasteiger partial charge in [-0.25, -0.2) is 13.2 Å². The van der Waals surface area contributed by atoms with Crippen LogP contribution in [0.5, 0.6) is 0 Å². The molecule has 1 aliphatic rings. The Morgan fingerprint density at radius 3 is 2.76 bits per heavy atom. The maximum absolute atomic E-state index is 12.6. The SMILES string of the molecule is Cc1c(C(=O)O)cccc1S(=O)(=O)N(C)CC1CCCO1. The van der Waals surface area contributed by atoms with E-state index in [1.54, 1.807) is 0 Å². The average molecular weight is 313 g/mol. The largest absolute Gasteiger partial charge is 0.478 e. The lowest BCUT2D eigenvalue weighted by atomic mass is 10.1. The minimum Gasteiger partial charge on any atom is -0.478 e. The lowest BCUT2D eigenvalue weighted by Gasteiger charge is -2.21. The van der Waals surface area contributed by atoms with Crippen molar-refractivity contribution >= 4 is 16.0 Å². The van der Waals surface area contributed by atoms with E-state index in [1.807, 2.05) is 0 Å². The van der Waals surface area contributed by atoms with Crippen LogP contribution in [-0.2, 0) is 14.8 Å². The Balaban J connectivity index is 2.30. The summed E-state index contributed by atoms with van der Waals surface area (Å²) >= 11 is 0. The van der Waals surface area contributed by atoms with E-state index in [-0.39, 0.29) is 28.7 Å². The van der Waals surface area contributed by atoms with Gasteiger partial charge in [-0.3, -0.25) is 0 Å². The highest BCUT2D eigenvalue weighted by Crippen LogP contribution is 2.23. The number of benzene rings is 1. The fourth-order valence-corrected chi connectivity index (χ4v) is 3.91. The zero-order valence-electron chi connectivity index (χ0n) is 12.1. The molecular weight excluding hydrogens is 294 g/mol. The third kappa shape index (κ3) is 3.25. The molecule has 1 unspecified atom stereocenters. The van der Waals surface area contributed by atoms with Crippen molar-refractivity contribution in [2.45, 2.75) is 30.8 Å². The Bertz CT molecular complexity index is 635. The topological polar surface area (TPSA) is 83.9 Å². The molecule has 0 spiro atoms. The molecule has 21 heavy (non-hydrogen) atoms. The smallest absolute Gasteiger partial charge is 0.335 e. The van der Waals surface area contributed by atoms with E-state index >= 15 is 0 Å². The highest BCUT2D eigenvalue weighted by atomic mass is 32.2. The standard InChI is InChI=1S/C14H19NO5S/c1-10-12(14(16)17)6-3-7-13(10)21(18,19)15(2)9-11-5-4-8-20-11/h3,6-7,11H,4-5,8-9H2,1-2H3,(H,16,17). The van der Waals surface area contributed by atoms with Crippen LogP contribution < -0.4 is 0 Å². The second kappa shape index (κ2) is 6.13. The molecule has 0 saturated carbocycles. The van der Waals surface area contributed by atoms with Gasteiger partial charge in [0.2, 0.25) is 10.0 Å². The van der Waals surface area contributed by atoms with Gasteiger partial charge in [-0.05, 0) is 37.5 Å². The maximum atomic E-state index is 12.6. The first-order chi connectivity index (χ1) is 9.84. The molecule has 2 rings (SSSR count). The van der Waals surface area contributed by atoms with Crippen LogP contribution in [0.4, 0.5) is 0 Å². The van der Waals surface area contributed by atoms with Crippen LogP contribution in [0.25, 0.3) is 0 Å². The molecule has 1 heterocycles. The number of likely N-dealkylation sites (N-methyl/N-ethyl adjacent to an activating group) is 1. The first-order valence-electron chi connectivity index (χ1n) is 6.75. The molecule has 6 nitrogen and oxygen atoms in total. The van der Waals surface area contributed by atoms with Gasteiger partial charge in [-0.1, -0.05) is 6.07 Å². The predicted molar refractivity (Wildman–Crippen MR) is 76.9 cm³/mol. The summed E-state index contributed by atoms with van der Waals surface area (Å²) in [7, 11) is -2.23. The molecule has 1 aromatic rings. The molecule has 1 atom stereocenters. The van der Waals surface area contributed by atoms with Gasteiger partial charge in [0.15, 0.2) is 0 Å². The Kier molecular flexibility index (Phi) is 4.65. The maximum Gasteiger partial charge on any atom is 0.335 e. The Hall–Kier alpha value is -1.44. The van der Waals surface area contributed by atoms with Gasteiger partial charge in [0.1, 0.15) is 0 Å². The average Bonchev–Trinajstić information content (AvgIpc) is 2.91. The van der Waals surface area contributed by atoms with Crippen molar-refractivity contribution < 1.29 is 23.1 Å². The first-order valence-corrected chi connectivity index (χ1v) is 8.19. The van der Waals surface area contributed by atoms with Crippen LogP contribution >= 0.6 is 0 Å². The molecule has 0 aliphatic carbocycles. The number of nitrogens with zero attached hydrogens (tertiary/aromatic N) is 1. The van der Waals surface area contributed by atoms with Gasteiger partial charge in [0.05, 0.1) is 16.6 Å². The normalized spacial score (nSPS) is 19.1. The predicted octanol–water partition coefficient (Wildman–Crippen LogP) is 1.49. The molecule has 1 aromatic carbocycles. The number of hydrogen-bond acceptors (Lipinski definition) is 4. The van der Waals surface area contributed by atoms with E-state index in [0.717, 1.165) is 12.8 Å². The van der Waals surface area contributed by atoms with E-state index in [9.17, 15) is 13.2 Å². The minimum absolute atomic E-state index is 0.00147. The number of carbonyl (C=O) groups is 1. The lowest BCUT2D eigenvalue weighted by Crippen LogP contribution is -2.34. The van der Waals surface area contributed by atoms with Crippen LogP contribution in [0.15, 0.2) is 23.1 Å². The highest BCUT2D eigenvalue weighted by molar-refractivity contribution is 7.89. The third-order valence-corrected chi connectivity index (χ3v) is 5.66. The molecule has 0 amide bonds. The van der Waals surface area contributed by atoms with Crippen LogP contribution in [0.3, 0.4) is 0 Å². The van der Waals surface area contributed by atoms with Gasteiger partial charge in [-0.2, -0.15) is 4.31 Å².